The van der Waals surface area contributed by atoms with E-state index in [9.17, 15) is 0 Å². The zero-order valence-corrected chi connectivity index (χ0v) is 9.99. The molecule has 0 spiro atoms. The lowest BCUT2D eigenvalue weighted by atomic mass is 9.87. The number of thiophene rings is 1. The van der Waals surface area contributed by atoms with E-state index in [0.29, 0.717) is 5.28 Å². The van der Waals surface area contributed by atoms with E-state index in [1.807, 2.05) is 6.20 Å². The first kappa shape index (κ1) is 9.31. The molecule has 0 N–H and O–H groups in total. The molecule has 0 atom stereocenters. The van der Waals surface area contributed by atoms with E-state index in [0.717, 1.165) is 11.3 Å². The first-order valence-corrected chi connectivity index (χ1v) is 5.98. The molecule has 2 aromatic rings. The highest BCUT2D eigenvalue weighted by atomic mass is 35.5. The SMILES string of the molecule is CC1(C)c2ccsc2-c2cnc(Cl)nc21. The summed E-state index contributed by atoms with van der Waals surface area (Å²) in [5.41, 5.74) is 3.47. The van der Waals surface area contributed by atoms with Crippen molar-refractivity contribution in [3.05, 3.63) is 34.2 Å². The highest BCUT2D eigenvalue weighted by Crippen LogP contribution is 2.49. The third-order valence-corrected chi connectivity index (χ3v) is 4.06. The molecule has 3 rings (SSSR count). The van der Waals surface area contributed by atoms with Gasteiger partial charge in [0, 0.05) is 22.1 Å². The monoisotopic (exact) mass is 236 g/mol. The van der Waals surface area contributed by atoms with Crippen LogP contribution >= 0.6 is 22.9 Å². The molecule has 1 aliphatic rings. The Balaban J connectivity index is 2.39. The molecule has 0 aromatic carbocycles. The van der Waals surface area contributed by atoms with Gasteiger partial charge >= 0.3 is 0 Å². The van der Waals surface area contributed by atoms with Gasteiger partial charge in [-0.15, -0.1) is 11.3 Å². The summed E-state index contributed by atoms with van der Waals surface area (Å²) in [4.78, 5) is 9.69. The maximum Gasteiger partial charge on any atom is 0.222 e. The standard InChI is InChI=1S/C11H9ClN2S/c1-11(2)7-3-4-15-8(7)6-5-13-10(12)14-9(6)11/h3-5H,1-2H3. The zero-order valence-electron chi connectivity index (χ0n) is 8.41. The van der Waals surface area contributed by atoms with Gasteiger partial charge in [-0.1, -0.05) is 13.8 Å². The first-order valence-electron chi connectivity index (χ1n) is 4.72. The third kappa shape index (κ3) is 1.11. The lowest BCUT2D eigenvalue weighted by Gasteiger charge is -2.18. The van der Waals surface area contributed by atoms with Crippen molar-refractivity contribution in [2.45, 2.75) is 19.3 Å². The highest BCUT2D eigenvalue weighted by molar-refractivity contribution is 7.13. The molecule has 0 saturated heterocycles. The normalized spacial score (nSPS) is 16.2. The van der Waals surface area contributed by atoms with Gasteiger partial charge < -0.3 is 0 Å². The predicted molar refractivity (Wildman–Crippen MR) is 62.5 cm³/mol. The average molecular weight is 237 g/mol. The molecule has 0 fully saturated rings. The molecular weight excluding hydrogens is 228 g/mol. The summed E-state index contributed by atoms with van der Waals surface area (Å²) in [5.74, 6) is 0. The zero-order chi connectivity index (χ0) is 10.6. The van der Waals surface area contributed by atoms with Gasteiger partial charge in [0.2, 0.25) is 5.28 Å². The predicted octanol–water partition coefficient (Wildman–Crippen LogP) is 3.50. The summed E-state index contributed by atoms with van der Waals surface area (Å²) in [6.07, 6.45) is 1.83. The minimum Gasteiger partial charge on any atom is -0.226 e. The van der Waals surface area contributed by atoms with Gasteiger partial charge in [-0.2, -0.15) is 0 Å². The Bertz CT molecular complexity index is 545. The Labute approximate surface area is 97.0 Å². The lowest BCUT2D eigenvalue weighted by molar-refractivity contribution is 0.636. The average Bonchev–Trinajstić information content (AvgIpc) is 2.72. The number of halogens is 1. The Morgan fingerprint density at radius 2 is 2.20 bits per heavy atom. The highest BCUT2D eigenvalue weighted by Gasteiger charge is 2.38. The van der Waals surface area contributed by atoms with Crippen molar-refractivity contribution in [1.82, 2.24) is 9.97 Å². The van der Waals surface area contributed by atoms with E-state index in [1.165, 1.54) is 10.4 Å². The molecule has 2 nitrogen and oxygen atoms in total. The van der Waals surface area contributed by atoms with Crippen LogP contribution in [0, 0.1) is 0 Å². The van der Waals surface area contributed by atoms with E-state index in [2.05, 4.69) is 35.3 Å². The number of hydrogen-bond acceptors (Lipinski definition) is 3. The third-order valence-electron chi connectivity index (χ3n) is 2.93. The van der Waals surface area contributed by atoms with Gasteiger partial charge in [0.1, 0.15) is 0 Å². The molecule has 0 bridgehead atoms. The summed E-state index contributed by atoms with van der Waals surface area (Å²) in [5, 5.41) is 2.45. The molecule has 4 heteroatoms. The van der Waals surface area contributed by atoms with Gasteiger partial charge in [0.15, 0.2) is 0 Å². The summed E-state index contributed by atoms with van der Waals surface area (Å²) in [7, 11) is 0. The van der Waals surface area contributed by atoms with E-state index in [-0.39, 0.29) is 5.41 Å². The van der Waals surface area contributed by atoms with Gasteiger partial charge in [0.25, 0.3) is 0 Å². The fourth-order valence-electron chi connectivity index (χ4n) is 2.14. The lowest BCUT2D eigenvalue weighted by Crippen LogP contribution is -2.16. The second-order valence-electron chi connectivity index (χ2n) is 4.19. The summed E-state index contributed by atoms with van der Waals surface area (Å²) >= 11 is 7.58. The first-order chi connectivity index (χ1) is 7.10. The molecule has 15 heavy (non-hydrogen) atoms. The quantitative estimate of drug-likeness (QED) is 0.655. The topological polar surface area (TPSA) is 25.8 Å². The number of aromatic nitrogens is 2. The van der Waals surface area contributed by atoms with Crippen LogP contribution in [0.4, 0.5) is 0 Å². The van der Waals surface area contributed by atoms with Crippen LogP contribution in [0.1, 0.15) is 25.1 Å². The van der Waals surface area contributed by atoms with Crippen molar-refractivity contribution in [1.29, 1.82) is 0 Å². The summed E-state index contributed by atoms with van der Waals surface area (Å²) < 4.78 is 0. The van der Waals surface area contributed by atoms with E-state index >= 15 is 0 Å². The van der Waals surface area contributed by atoms with Crippen molar-refractivity contribution in [2.24, 2.45) is 0 Å². The van der Waals surface area contributed by atoms with Crippen LogP contribution in [0.5, 0.6) is 0 Å². The molecular formula is C11H9ClN2S. The van der Waals surface area contributed by atoms with Crippen LogP contribution in [-0.4, -0.2) is 9.97 Å². The van der Waals surface area contributed by atoms with Crippen LogP contribution in [0.3, 0.4) is 0 Å². The molecule has 76 valence electrons. The van der Waals surface area contributed by atoms with Crippen LogP contribution in [0.2, 0.25) is 5.28 Å². The van der Waals surface area contributed by atoms with Gasteiger partial charge in [-0.05, 0) is 28.6 Å². The summed E-state index contributed by atoms with van der Waals surface area (Å²) in [6, 6.07) is 2.16. The maximum atomic E-state index is 5.84. The fraction of sp³-hybridized carbons (Fsp3) is 0.273. The maximum absolute atomic E-state index is 5.84. The molecule has 0 radical (unpaired) electrons. The molecule has 2 heterocycles. The van der Waals surface area contributed by atoms with Crippen molar-refractivity contribution in [3.63, 3.8) is 0 Å². The summed E-state index contributed by atoms with van der Waals surface area (Å²) in [6.45, 7) is 4.35. The minimum absolute atomic E-state index is 0.0444. The molecule has 0 amide bonds. The Morgan fingerprint density at radius 1 is 1.40 bits per heavy atom. The van der Waals surface area contributed by atoms with Crippen molar-refractivity contribution in [3.8, 4) is 10.4 Å². The van der Waals surface area contributed by atoms with Crippen molar-refractivity contribution >= 4 is 22.9 Å². The van der Waals surface area contributed by atoms with E-state index in [1.54, 1.807) is 11.3 Å². The molecule has 0 aliphatic heterocycles. The Morgan fingerprint density at radius 3 is 3.00 bits per heavy atom. The van der Waals surface area contributed by atoms with Gasteiger partial charge in [-0.25, -0.2) is 9.97 Å². The van der Waals surface area contributed by atoms with Crippen molar-refractivity contribution in [2.75, 3.05) is 0 Å². The van der Waals surface area contributed by atoms with Gasteiger partial charge in [-0.3, -0.25) is 0 Å². The number of rotatable bonds is 0. The minimum atomic E-state index is -0.0444. The second kappa shape index (κ2) is 2.80. The molecule has 0 unspecified atom stereocenters. The van der Waals surface area contributed by atoms with Crippen LogP contribution in [0.25, 0.3) is 10.4 Å². The largest absolute Gasteiger partial charge is 0.226 e. The van der Waals surface area contributed by atoms with Crippen LogP contribution < -0.4 is 0 Å². The fourth-order valence-corrected chi connectivity index (χ4v) is 3.34. The molecule has 2 aromatic heterocycles. The van der Waals surface area contributed by atoms with E-state index in [4.69, 9.17) is 11.6 Å². The smallest absolute Gasteiger partial charge is 0.222 e. The van der Waals surface area contributed by atoms with Gasteiger partial charge in [0.05, 0.1) is 5.69 Å². The number of nitrogens with zero attached hydrogens (tertiary/aromatic N) is 2. The number of hydrogen-bond donors (Lipinski definition) is 0. The second-order valence-corrected chi connectivity index (χ2v) is 5.44. The van der Waals surface area contributed by atoms with Crippen LogP contribution in [-0.2, 0) is 5.41 Å². The van der Waals surface area contributed by atoms with Crippen LogP contribution in [0.15, 0.2) is 17.6 Å². The Kier molecular flexibility index (Phi) is 1.74. The van der Waals surface area contributed by atoms with E-state index < -0.39 is 0 Å². The molecule has 0 saturated carbocycles. The Hall–Kier alpha value is -0.930. The molecule has 1 aliphatic carbocycles. The number of fused-ring (bicyclic) bond motifs is 3. The van der Waals surface area contributed by atoms with Crippen molar-refractivity contribution < 1.29 is 0 Å².